The number of sulfonamides is 1. The van der Waals surface area contributed by atoms with Gasteiger partial charge in [-0.2, -0.15) is 0 Å². The lowest BCUT2D eigenvalue weighted by Crippen LogP contribution is -2.19. The fourth-order valence-corrected chi connectivity index (χ4v) is 4.45. The molecule has 0 saturated carbocycles. The molecule has 1 amide bonds. The van der Waals surface area contributed by atoms with Crippen LogP contribution in [0.5, 0.6) is 0 Å². The van der Waals surface area contributed by atoms with E-state index in [2.05, 4.69) is 10.0 Å². The first-order valence-corrected chi connectivity index (χ1v) is 11.9. The Morgan fingerprint density at radius 2 is 1.75 bits per heavy atom. The van der Waals surface area contributed by atoms with Crippen LogP contribution in [-0.4, -0.2) is 20.6 Å². The average molecular weight is 421 g/mol. The van der Waals surface area contributed by atoms with Crippen molar-refractivity contribution >= 4 is 39.1 Å². The average Bonchev–Trinajstić information content (AvgIpc) is 2.62. The van der Waals surface area contributed by atoms with E-state index in [1.807, 2.05) is 45.2 Å². The second kappa shape index (κ2) is 9.01. The van der Waals surface area contributed by atoms with Crippen molar-refractivity contribution in [1.29, 1.82) is 0 Å². The van der Waals surface area contributed by atoms with Crippen molar-refractivity contribution in [2.24, 2.45) is 5.92 Å². The Bertz CT molecular complexity index is 968. The molecule has 28 heavy (non-hydrogen) atoms. The molecule has 0 unspecified atom stereocenters. The minimum absolute atomic E-state index is 0.113. The van der Waals surface area contributed by atoms with Gasteiger partial charge in [-0.25, -0.2) is 8.42 Å². The van der Waals surface area contributed by atoms with Gasteiger partial charge in [-0.05, 0) is 48.4 Å². The lowest BCUT2D eigenvalue weighted by molar-refractivity contribution is -0.118. The molecule has 0 bridgehead atoms. The number of carbonyl (C=O) groups is 1. The van der Waals surface area contributed by atoms with E-state index in [0.717, 1.165) is 16.0 Å². The maximum absolute atomic E-state index is 13.1. The van der Waals surface area contributed by atoms with Gasteiger partial charge in [0.2, 0.25) is 5.91 Å². The molecule has 0 atom stereocenters. The Balaban J connectivity index is 2.46. The molecule has 7 heteroatoms. The zero-order chi connectivity index (χ0) is 21.1. The van der Waals surface area contributed by atoms with Gasteiger partial charge in [-0.3, -0.25) is 9.52 Å². The highest BCUT2D eigenvalue weighted by atomic mass is 32.2. The van der Waals surface area contributed by atoms with Crippen LogP contribution in [0.4, 0.5) is 11.4 Å². The third-order valence-corrected chi connectivity index (χ3v) is 6.57. The summed E-state index contributed by atoms with van der Waals surface area (Å²) in [6, 6.07) is 10.5. The highest BCUT2D eigenvalue weighted by Gasteiger charge is 2.21. The fraction of sp³-hybridized carbons (Fsp3) is 0.381. The zero-order valence-corrected chi connectivity index (χ0v) is 18.8. The first kappa shape index (κ1) is 22.3. The maximum Gasteiger partial charge on any atom is 0.261 e. The van der Waals surface area contributed by atoms with Crippen LogP contribution in [0.2, 0.25) is 0 Å². The van der Waals surface area contributed by atoms with E-state index in [1.165, 1.54) is 17.8 Å². The standard InChI is InChI=1S/C21H28N2O3S2/c1-13(2)17-9-7-8-15(5)20(17)23-28(25,26)16-10-11-19(27-6)18(12-16)22-21(24)14(3)4/h7-14,23H,1-6H3,(H,22,24). The van der Waals surface area contributed by atoms with E-state index in [9.17, 15) is 13.2 Å². The fourth-order valence-electron chi connectivity index (χ4n) is 2.73. The molecular weight excluding hydrogens is 392 g/mol. The summed E-state index contributed by atoms with van der Waals surface area (Å²) in [5.41, 5.74) is 2.92. The third-order valence-electron chi connectivity index (χ3n) is 4.43. The Labute approximate surface area is 172 Å². The van der Waals surface area contributed by atoms with Crippen molar-refractivity contribution in [1.82, 2.24) is 0 Å². The SMILES string of the molecule is CSc1ccc(S(=O)(=O)Nc2c(C)cccc2C(C)C)cc1NC(=O)C(C)C. The number of thioether (sulfide) groups is 1. The largest absolute Gasteiger partial charge is 0.325 e. The molecule has 0 saturated heterocycles. The smallest absolute Gasteiger partial charge is 0.261 e. The number of nitrogens with one attached hydrogen (secondary N) is 2. The van der Waals surface area contributed by atoms with Gasteiger partial charge in [-0.15, -0.1) is 11.8 Å². The summed E-state index contributed by atoms with van der Waals surface area (Å²) in [6.07, 6.45) is 1.88. The minimum Gasteiger partial charge on any atom is -0.325 e. The van der Waals surface area contributed by atoms with E-state index in [4.69, 9.17) is 0 Å². The molecule has 0 spiro atoms. The van der Waals surface area contributed by atoms with Crippen molar-refractivity contribution in [3.05, 3.63) is 47.5 Å². The first-order valence-electron chi connectivity index (χ1n) is 9.18. The number of carbonyl (C=O) groups excluding carboxylic acids is 1. The molecule has 2 rings (SSSR count). The second-order valence-corrected chi connectivity index (χ2v) is 9.84. The summed E-state index contributed by atoms with van der Waals surface area (Å²) >= 11 is 1.45. The molecule has 5 nitrogen and oxygen atoms in total. The minimum atomic E-state index is -3.81. The molecule has 0 radical (unpaired) electrons. The highest BCUT2D eigenvalue weighted by Crippen LogP contribution is 2.32. The molecule has 0 aliphatic heterocycles. The molecule has 2 N–H and O–H groups in total. The van der Waals surface area contributed by atoms with E-state index in [0.29, 0.717) is 11.4 Å². The monoisotopic (exact) mass is 420 g/mol. The van der Waals surface area contributed by atoms with Gasteiger partial charge in [0.1, 0.15) is 0 Å². The second-order valence-electron chi connectivity index (χ2n) is 7.31. The number of amides is 1. The quantitative estimate of drug-likeness (QED) is 0.601. The van der Waals surface area contributed by atoms with Crippen molar-refractivity contribution in [2.75, 3.05) is 16.3 Å². The first-order chi connectivity index (χ1) is 13.1. The number of benzene rings is 2. The molecule has 152 valence electrons. The van der Waals surface area contributed by atoms with E-state index in [1.54, 1.807) is 26.0 Å². The summed E-state index contributed by atoms with van der Waals surface area (Å²) in [5, 5.41) is 2.83. The number of rotatable bonds is 7. The van der Waals surface area contributed by atoms with Crippen molar-refractivity contribution in [2.45, 2.75) is 50.3 Å². The van der Waals surface area contributed by atoms with Crippen LogP contribution in [-0.2, 0) is 14.8 Å². The Hall–Kier alpha value is -1.99. The van der Waals surface area contributed by atoms with Crippen molar-refractivity contribution < 1.29 is 13.2 Å². The summed E-state index contributed by atoms with van der Waals surface area (Å²) in [5.74, 6) is -0.176. The van der Waals surface area contributed by atoms with Gasteiger partial charge >= 0.3 is 0 Å². The van der Waals surface area contributed by atoms with Crippen molar-refractivity contribution in [3.8, 4) is 0 Å². The topological polar surface area (TPSA) is 75.3 Å². The zero-order valence-electron chi connectivity index (χ0n) is 17.2. The molecule has 0 fully saturated rings. The Morgan fingerprint density at radius 1 is 1.07 bits per heavy atom. The maximum atomic E-state index is 13.1. The number of hydrogen-bond donors (Lipinski definition) is 2. The van der Waals surface area contributed by atoms with Gasteiger partial charge in [0.05, 0.1) is 16.3 Å². The number of hydrogen-bond acceptors (Lipinski definition) is 4. The normalized spacial score (nSPS) is 11.7. The van der Waals surface area contributed by atoms with Gasteiger partial charge in [0, 0.05) is 10.8 Å². The molecular formula is C21H28N2O3S2. The number of aryl methyl sites for hydroxylation is 1. The predicted octanol–water partition coefficient (Wildman–Crippen LogP) is 5.24. The van der Waals surface area contributed by atoms with Crippen LogP contribution in [0.25, 0.3) is 0 Å². The summed E-state index contributed by atoms with van der Waals surface area (Å²) in [4.78, 5) is 13.0. The van der Waals surface area contributed by atoms with E-state index >= 15 is 0 Å². The Kier molecular flexibility index (Phi) is 7.17. The van der Waals surface area contributed by atoms with Gasteiger partial charge in [0.25, 0.3) is 10.0 Å². The lowest BCUT2D eigenvalue weighted by Gasteiger charge is -2.18. The molecule has 2 aromatic rings. The number of anilines is 2. The summed E-state index contributed by atoms with van der Waals surface area (Å²) < 4.78 is 28.9. The molecule has 0 heterocycles. The third kappa shape index (κ3) is 5.08. The lowest BCUT2D eigenvalue weighted by atomic mass is 9.99. The van der Waals surface area contributed by atoms with Gasteiger partial charge in [0.15, 0.2) is 0 Å². The molecule has 0 aliphatic carbocycles. The Morgan fingerprint density at radius 3 is 2.32 bits per heavy atom. The summed E-state index contributed by atoms with van der Waals surface area (Å²) in [7, 11) is -3.81. The van der Waals surface area contributed by atoms with Crippen LogP contribution < -0.4 is 10.0 Å². The van der Waals surface area contributed by atoms with E-state index < -0.39 is 10.0 Å². The highest BCUT2D eigenvalue weighted by molar-refractivity contribution is 7.98. The van der Waals surface area contributed by atoms with Crippen LogP contribution in [0, 0.1) is 12.8 Å². The predicted molar refractivity (Wildman–Crippen MR) is 118 cm³/mol. The van der Waals surface area contributed by atoms with Crippen LogP contribution in [0.15, 0.2) is 46.2 Å². The molecule has 0 aliphatic rings. The van der Waals surface area contributed by atoms with Crippen LogP contribution >= 0.6 is 11.8 Å². The molecule has 0 aromatic heterocycles. The number of para-hydroxylation sites is 1. The molecule has 2 aromatic carbocycles. The summed E-state index contributed by atoms with van der Waals surface area (Å²) in [6.45, 7) is 9.53. The van der Waals surface area contributed by atoms with Crippen molar-refractivity contribution in [3.63, 3.8) is 0 Å². The van der Waals surface area contributed by atoms with Gasteiger partial charge < -0.3 is 5.32 Å². The van der Waals surface area contributed by atoms with Crippen LogP contribution in [0.3, 0.4) is 0 Å². The van der Waals surface area contributed by atoms with Gasteiger partial charge in [-0.1, -0.05) is 45.9 Å². The van der Waals surface area contributed by atoms with E-state index in [-0.39, 0.29) is 22.6 Å². The van der Waals surface area contributed by atoms with Crippen LogP contribution in [0.1, 0.15) is 44.7 Å².